The van der Waals surface area contributed by atoms with E-state index >= 15 is 0 Å². The summed E-state index contributed by atoms with van der Waals surface area (Å²) < 4.78 is 5.36. The smallest absolute Gasteiger partial charge is 0.407 e. The molecule has 1 aliphatic heterocycles. The van der Waals surface area contributed by atoms with Crippen LogP contribution in [-0.4, -0.2) is 59.6 Å². The Kier molecular flexibility index (Phi) is 8.59. The Balaban J connectivity index is 1.42. The zero-order chi connectivity index (χ0) is 23.3. The topological polar surface area (TPSA) is 95.9 Å². The van der Waals surface area contributed by atoms with Gasteiger partial charge in [0.1, 0.15) is 11.9 Å². The molecule has 0 bridgehead atoms. The number of alkyl carbamates (subject to hydrolysis) is 1. The van der Waals surface area contributed by atoms with Crippen molar-refractivity contribution in [3.05, 3.63) is 0 Å². The Morgan fingerprint density at radius 3 is 2.41 bits per heavy atom. The lowest BCUT2D eigenvalue weighted by Crippen LogP contribution is -2.46. The largest absolute Gasteiger partial charge is 0.444 e. The lowest BCUT2D eigenvalue weighted by atomic mass is 9.72. The predicted octanol–water partition coefficient (Wildman–Crippen LogP) is 3.53. The lowest BCUT2D eigenvalue weighted by molar-refractivity contribution is -0.140. The van der Waals surface area contributed by atoms with Gasteiger partial charge in [0, 0.05) is 31.5 Å². The number of likely N-dealkylation sites (tertiary alicyclic amines) is 1. The first-order chi connectivity index (χ1) is 15.2. The maximum Gasteiger partial charge on any atom is 0.407 e. The summed E-state index contributed by atoms with van der Waals surface area (Å²) in [6.45, 7) is 7.89. The van der Waals surface area contributed by atoms with Crippen LogP contribution in [0.3, 0.4) is 0 Å². The van der Waals surface area contributed by atoms with Gasteiger partial charge in [-0.2, -0.15) is 0 Å². The predicted molar refractivity (Wildman–Crippen MR) is 122 cm³/mol. The van der Waals surface area contributed by atoms with Crippen LogP contribution in [-0.2, 0) is 14.3 Å². The van der Waals surface area contributed by atoms with Gasteiger partial charge in [0.15, 0.2) is 0 Å². The molecule has 2 saturated carbocycles. The third-order valence-electron chi connectivity index (χ3n) is 7.66. The summed E-state index contributed by atoms with van der Waals surface area (Å²) in [6, 6.07) is 0. The molecule has 1 heterocycles. The highest BCUT2D eigenvalue weighted by Crippen LogP contribution is 2.39. The summed E-state index contributed by atoms with van der Waals surface area (Å²) in [5, 5.41) is 12.9. The van der Waals surface area contributed by atoms with Crippen molar-refractivity contribution in [2.45, 2.75) is 90.3 Å². The van der Waals surface area contributed by atoms with Gasteiger partial charge in [-0.05, 0) is 83.5 Å². The number of nitrogens with one attached hydrogen (secondary N) is 1. The van der Waals surface area contributed by atoms with Crippen molar-refractivity contribution in [1.82, 2.24) is 10.2 Å². The molecule has 3 fully saturated rings. The molecule has 5 unspecified atom stereocenters. The number of rotatable bonds is 5. The maximum atomic E-state index is 13.0. The van der Waals surface area contributed by atoms with Gasteiger partial charge in [0.05, 0.1) is 6.10 Å². The SMILES string of the molecule is CC(C)(C)OC(=O)NCC1CCCC(C2CCN(C(=O)C3CCC(O)C(C=O)C3)CC2)C1. The molecule has 0 aromatic rings. The van der Waals surface area contributed by atoms with Gasteiger partial charge in [-0.1, -0.05) is 12.8 Å². The fraction of sp³-hybridized carbons (Fsp3) is 0.880. The Labute approximate surface area is 192 Å². The molecule has 7 nitrogen and oxygen atoms in total. The Morgan fingerprint density at radius 1 is 1.03 bits per heavy atom. The second kappa shape index (κ2) is 11.0. The number of carbonyl (C=O) groups excluding carboxylic acids is 3. The first-order valence-electron chi connectivity index (χ1n) is 12.5. The van der Waals surface area contributed by atoms with Crippen LogP contribution in [0.1, 0.15) is 78.6 Å². The average Bonchev–Trinajstić information content (AvgIpc) is 2.77. The fourth-order valence-corrected chi connectivity index (χ4v) is 5.90. The van der Waals surface area contributed by atoms with E-state index in [-0.39, 0.29) is 17.9 Å². The molecule has 32 heavy (non-hydrogen) atoms. The van der Waals surface area contributed by atoms with Crippen molar-refractivity contribution in [2.24, 2.45) is 29.6 Å². The minimum absolute atomic E-state index is 0.122. The number of ether oxygens (including phenoxy) is 1. The highest BCUT2D eigenvalue weighted by molar-refractivity contribution is 5.79. The number of carbonyl (C=O) groups is 3. The van der Waals surface area contributed by atoms with Gasteiger partial charge in [0.2, 0.25) is 5.91 Å². The summed E-state index contributed by atoms with van der Waals surface area (Å²) in [6.07, 6.45) is 8.38. The van der Waals surface area contributed by atoms with Gasteiger partial charge in [0.25, 0.3) is 0 Å². The van der Waals surface area contributed by atoms with Crippen molar-refractivity contribution < 1.29 is 24.2 Å². The minimum Gasteiger partial charge on any atom is -0.444 e. The highest BCUT2D eigenvalue weighted by Gasteiger charge is 2.37. The van der Waals surface area contributed by atoms with Gasteiger partial charge >= 0.3 is 6.09 Å². The highest BCUT2D eigenvalue weighted by atomic mass is 16.6. The molecule has 0 aromatic heterocycles. The van der Waals surface area contributed by atoms with Crippen LogP contribution in [0.4, 0.5) is 4.79 Å². The van der Waals surface area contributed by atoms with Crippen molar-refractivity contribution >= 4 is 18.3 Å². The second-order valence-corrected chi connectivity index (χ2v) is 11.2. The molecule has 2 amide bonds. The number of hydrogen-bond donors (Lipinski definition) is 2. The van der Waals surface area contributed by atoms with Crippen molar-refractivity contribution in [3.63, 3.8) is 0 Å². The van der Waals surface area contributed by atoms with E-state index in [0.29, 0.717) is 43.6 Å². The van der Waals surface area contributed by atoms with E-state index in [1.807, 2.05) is 25.7 Å². The number of nitrogens with zero attached hydrogens (tertiary/aromatic N) is 1. The molecule has 0 spiro atoms. The molecule has 7 heteroatoms. The Hall–Kier alpha value is -1.63. The Morgan fingerprint density at radius 2 is 1.75 bits per heavy atom. The normalized spacial score (nSPS) is 32.2. The average molecular weight is 451 g/mol. The number of hydrogen-bond acceptors (Lipinski definition) is 5. The lowest BCUT2D eigenvalue weighted by Gasteiger charge is -2.41. The standard InChI is InChI=1S/C25H42N2O5/c1-25(2,3)32-24(31)26-15-17-5-4-6-19(13-17)18-9-11-27(12-10-18)23(30)20-7-8-22(29)21(14-20)16-28/h16-22,29H,4-15H2,1-3H3,(H,26,31). The first-order valence-corrected chi connectivity index (χ1v) is 12.5. The molecule has 3 rings (SSSR count). The number of aldehydes is 1. The molecule has 2 aliphatic carbocycles. The number of amides is 2. The van der Waals surface area contributed by atoms with Crippen molar-refractivity contribution in [1.29, 1.82) is 0 Å². The van der Waals surface area contributed by atoms with E-state index in [1.54, 1.807) is 0 Å². The summed E-state index contributed by atoms with van der Waals surface area (Å²) in [5.74, 6) is 1.45. The first kappa shape index (κ1) is 25.0. The molecule has 1 saturated heterocycles. The van der Waals surface area contributed by atoms with E-state index < -0.39 is 17.6 Å². The van der Waals surface area contributed by atoms with Crippen molar-refractivity contribution in [2.75, 3.05) is 19.6 Å². The van der Waals surface area contributed by atoms with Crippen LogP contribution < -0.4 is 5.32 Å². The maximum absolute atomic E-state index is 13.0. The van der Waals surface area contributed by atoms with Crippen LogP contribution in [0.25, 0.3) is 0 Å². The summed E-state index contributed by atoms with van der Waals surface area (Å²) in [5.41, 5.74) is -0.476. The van der Waals surface area contributed by atoms with Crippen LogP contribution in [0.5, 0.6) is 0 Å². The molecule has 0 radical (unpaired) electrons. The summed E-state index contributed by atoms with van der Waals surface area (Å²) >= 11 is 0. The third-order valence-corrected chi connectivity index (χ3v) is 7.66. The number of aliphatic hydroxyl groups is 1. The van der Waals surface area contributed by atoms with E-state index in [1.165, 1.54) is 12.8 Å². The molecular formula is C25H42N2O5. The molecular weight excluding hydrogens is 408 g/mol. The zero-order valence-electron chi connectivity index (χ0n) is 20.1. The molecule has 0 aromatic carbocycles. The monoisotopic (exact) mass is 450 g/mol. The van der Waals surface area contributed by atoms with E-state index in [9.17, 15) is 19.5 Å². The Bertz CT molecular complexity index is 653. The summed E-state index contributed by atoms with van der Waals surface area (Å²) in [4.78, 5) is 38.1. The van der Waals surface area contributed by atoms with E-state index in [4.69, 9.17) is 4.74 Å². The quantitative estimate of drug-likeness (QED) is 0.625. The van der Waals surface area contributed by atoms with Gasteiger partial charge < -0.3 is 24.9 Å². The number of aliphatic hydroxyl groups excluding tert-OH is 1. The van der Waals surface area contributed by atoms with Crippen LogP contribution in [0, 0.1) is 29.6 Å². The van der Waals surface area contributed by atoms with Crippen molar-refractivity contribution in [3.8, 4) is 0 Å². The summed E-state index contributed by atoms with van der Waals surface area (Å²) in [7, 11) is 0. The second-order valence-electron chi connectivity index (χ2n) is 11.2. The van der Waals surface area contributed by atoms with E-state index in [0.717, 1.165) is 45.1 Å². The minimum atomic E-state index is -0.591. The van der Waals surface area contributed by atoms with E-state index in [2.05, 4.69) is 5.32 Å². The zero-order valence-corrected chi connectivity index (χ0v) is 20.1. The molecule has 3 aliphatic rings. The number of piperidine rings is 1. The molecule has 182 valence electrons. The van der Waals surface area contributed by atoms with Crippen LogP contribution in [0.15, 0.2) is 0 Å². The van der Waals surface area contributed by atoms with Gasteiger partial charge in [-0.15, -0.1) is 0 Å². The van der Waals surface area contributed by atoms with Crippen LogP contribution >= 0.6 is 0 Å². The fourth-order valence-electron chi connectivity index (χ4n) is 5.90. The molecule has 2 N–H and O–H groups in total. The third kappa shape index (κ3) is 6.93. The van der Waals surface area contributed by atoms with Gasteiger partial charge in [-0.25, -0.2) is 4.79 Å². The van der Waals surface area contributed by atoms with Crippen LogP contribution in [0.2, 0.25) is 0 Å². The van der Waals surface area contributed by atoms with Gasteiger partial charge in [-0.3, -0.25) is 4.79 Å². The molecule has 5 atom stereocenters.